The van der Waals surface area contributed by atoms with Gasteiger partial charge in [0.05, 0.1) is 0 Å². The van der Waals surface area contributed by atoms with Gasteiger partial charge in [0, 0.05) is 5.56 Å². The molecule has 1 atom stereocenters. The molecular weight excluding hydrogens is 192 g/mol. The van der Waals surface area contributed by atoms with E-state index in [1.54, 1.807) is 12.1 Å². The lowest BCUT2D eigenvalue weighted by Gasteiger charge is -2.03. The van der Waals surface area contributed by atoms with Crippen molar-refractivity contribution in [1.29, 1.82) is 0 Å². The number of carbonyl (C=O) groups is 1. The normalized spacial score (nSPS) is 12.5. The van der Waals surface area contributed by atoms with Crippen molar-refractivity contribution >= 4 is 29.1 Å². The van der Waals surface area contributed by atoms with E-state index in [9.17, 15) is 4.79 Å². The van der Waals surface area contributed by atoms with E-state index in [0.717, 1.165) is 0 Å². The second-order valence-corrected chi connectivity index (χ2v) is 3.92. The number of thioether (sulfide) groups is 1. The SMILES string of the molecule is CSC(Cl)C(=O)c1ccccc1. The summed E-state index contributed by atoms with van der Waals surface area (Å²) in [6.07, 6.45) is 1.82. The molecule has 12 heavy (non-hydrogen) atoms. The van der Waals surface area contributed by atoms with Gasteiger partial charge in [-0.1, -0.05) is 30.3 Å². The van der Waals surface area contributed by atoms with Gasteiger partial charge in [-0.2, -0.15) is 0 Å². The average molecular weight is 201 g/mol. The molecule has 0 heterocycles. The number of halogens is 1. The van der Waals surface area contributed by atoms with Crippen molar-refractivity contribution in [1.82, 2.24) is 0 Å². The van der Waals surface area contributed by atoms with Crippen molar-refractivity contribution in [2.24, 2.45) is 0 Å². The third-order valence-electron chi connectivity index (χ3n) is 1.47. The van der Waals surface area contributed by atoms with Crippen molar-refractivity contribution in [3.8, 4) is 0 Å². The van der Waals surface area contributed by atoms with Crippen LogP contribution in [0.15, 0.2) is 30.3 Å². The smallest absolute Gasteiger partial charge is 0.190 e. The maximum atomic E-state index is 11.4. The fourth-order valence-corrected chi connectivity index (χ4v) is 1.32. The molecule has 3 heteroatoms. The first-order valence-corrected chi connectivity index (χ1v) is 5.24. The number of carbonyl (C=O) groups excluding carboxylic acids is 1. The van der Waals surface area contributed by atoms with E-state index < -0.39 is 4.71 Å². The van der Waals surface area contributed by atoms with E-state index >= 15 is 0 Å². The first-order chi connectivity index (χ1) is 5.75. The molecule has 0 aliphatic carbocycles. The van der Waals surface area contributed by atoms with Gasteiger partial charge in [-0.3, -0.25) is 4.79 Å². The van der Waals surface area contributed by atoms with Crippen LogP contribution in [0.3, 0.4) is 0 Å². The topological polar surface area (TPSA) is 17.1 Å². The van der Waals surface area contributed by atoms with Crippen LogP contribution in [0.4, 0.5) is 0 Å². The number of hydrogen-bond acceptors (Lipinski definition) is 2. The fourth-order valence-electron chi connectivity index (χ4n) is 0.840. The molecule has 1 rings (SSSR count). The number of hydrogen-bond donors (Lipinski definition) is 0. The summed E-state index contributed by atoms with van der Waals surface area (Å²) < 4.78 is -0.465. The van der Waals surface area contributed by atoms with Gasteiger partial charge in [0.15, 0.2) is 5.78 Å². The minimum atomic E-state index is -0.465. The van der Waals surface area contributed by atoms with Gasteiger partial charge in [-0.15, -0.1) is 23.4 Å². The van der Waals surface area contributed by atoms with Gasteiger partial charge < -0.3 is 0 Å². The van der Waals surface area contributed by atoms with Crippen molar-refractivity contribution in [2.75, 3.05) is 6.26 Å². The zero-order chi connectivity index (χ0) is 8.97. The molecule has 1 aromatic rings. The lowest BCUT2D eigenvalue weighted by molar-refractivity contribution is 0.101. The number of alkyl halides is 1. The number of ketones is 1. The van der Waals surface area contributed by atoms with E-state index in [1.165, 1.54) is 11.8 Å². The lowest BCUT2D eigenvalue weighted by atomic mass is 10.1. The summed E-state index contributed by atoms with van der Waals surface area (Å²) in [7, 11) is 0. The summed E-state index contributed by atoms with van der Waals surface area (Å²) in [6.45, 7) is 0. The molecule has 0 radical (unpaired) electrons. The third-order valence-corrected chi connectivity index (χ3v) is 2.83. The zero-order valence-electron chi connectivity index (χ0n) is 6.66. The molecule has 1 aromatic carbocycles. The highest BCUT2D eigenvalue weighted by Crippen LogP contribution is 2.16. The predicted octanol–water partition coefficient (Wildman–Crippen LogP) is 2.80. The Bertz CT molecular complexity index is 260. The van der Waals surface area contributed by atoms with Crippen molar-refractivity contribution in [3.63, 3.8) is 0 Å². The van der Waals surface area contributed by atoms with Crippen LogP contribution >= 0.6 is 23.4 Å². The van der Waals surface area contributed by atoms with Gasteiger partial charge in [0.2, 0.25) is 0 Å². The van der Waals surface area contributed by atoms with Crippen LogP contribution in [0.5, 0.6) is 0 Å². The first kappa shape index (κ1) is 9.62. The second-order valence-electron chi connectivity index (χ2n) is 2.28. The van der Waals surface area contributed by atoms with Crippen LogP contribution in [-0.4, -0.2) is 16.7 Å². The van der Waals surface area contributed by atoms with Crippen LogP contribution in [-0.2, 0) is 0 Å². The zero-order valence-corrected chi connectivity index (χ0v) is 8.23. The van der Waals surface area contributed by atoms with Gasteiger partial charge >= 0.3 is 0 Å². The molecular formula is C9H9ClOS. The standard InChI is InChI=1S/C9H9ClOS/c1-12-9(10)8(11)7-5-3-2-4-6-7/h2-6,9H,1H3. The van der Waals surface area contributed by atoms with Crippen molar-refractivity contribution in [2.45, 2.75) is 4.71 Å². The number of Topliss-reactive ketones (excluding diaryl/α,β-unsaturated/α-hetero) is 1. The van der Waals surface area contributed by atoms with Gasteiger partial charge in [0.1, 0.15) is 4.71 Å². The van der Waals surface area contributed by atoms with E-state index in [-0.39, 0.29) is 5.78 Å². The quantitative estimate of drug-likeness (QED) is 0.552. The van der Waals surface area contributed by atoms with Crippen molar-refractivity contribution < 1.29 is 4.79 Å². The number of benzene rings is 1. The molecule has 0 bridgehead atoms. The molecule has 0 fully saturated rings. The summed E-state index contributed by atoms with van der Waals surface area (Å²) in [4.78, 5) is 11.4. The molecule has 0 amide bonds. The minimum Gasteiger partial charge on any atom is -0.292 e. The van der Waals surface area contributed by atoms with E-state index in [0.29, 0.717) is 5.56 Å². The molecule has 0 aliphatic rings. The second kappa shape index (κ2) is 4.53. The largest absolute Gasteiger partial charge is 0.292 e. The monoisotopic (exact) mass is 200 g/mol. The van der Waals surface area contributed by atoms with E-state index in [1.807, 2.05) is 24.5 Å². The highest BCUT2D eigenvalue weighted by molar-refractivity contribution is 8.01. The van der Waals surface area contributed by atoms with E-state index in [2.05, 4.69) is 0 Å². The van der Waals surface area contributed by atoms with Crippen molar-refractivity contribution in [3.05, 3.63) is 35.9 Å². The molecule has 0 aliphatic heterocycles. The van der Waals surface area contributed by atoms with Gasteiger partial charge in [-0.25, -0.2) is 0 Å². The van der Waals surface area contributed by atoms with Crippen LogP contribution in [0, 0.1) is 0 Å². The fraction of sp³-hybridized carbons (Fsp3) is 0.222. The first-order valence-electron chi connectivity index (χ1n) is 3.52. The maximum absolute atomic E-state index is 11.4. The summed E-state index contributed by atoms with van der Waals surface area (Å²) in [6, 6.07) is 9.08. The minimum absolute atomic E-state index is 0.0234. The molecule has 0 aromatic heterocycles. The summed E-state index contributed by atoms with van der Waals surface area (Å²) in [5.41, 5.74) is 0.673. The Balaban J connectivity index is 2.79. The Morgan fingerprint density at radius 1 is 1.42 bits per heavy atom. The maximum Gasteiger partial charge on any atom is 0.190 e. The molecule has 0 N–H and O–H groups in total. The molecule has 0 saturated carbocycles. The Morgan fingerprint density at radius 3 is 2.50 bits per heavy atom. The molecule has 64 valence electrons. The Labute approximate surface area is 81.1 Å². The Morgan fingerprint density at radius 2 is 2.00 bits per heavy atom. The number of rotatable bonds is 3. The summed E-state index contributed by atoms with van der Waals surface area (Å²) >= 11 is 7.11. The van der Waals surface area contributed by atoms with Crippen LogP contribution in [0.25, 0.3) is 0 Å². The molecule has 0 spiro atoms. The molecule has 1 unspecified atom stereocenters. The Kier molecular flexibility index (Phi) is 3.63. The summed E-state index contributed by atoms with van der Waals surface area (Å²) in [5, 5.41) is 0. The van der Waals surface area contributed by atoms with Crippen LogP contribution < -0.4 is 0 Å². The van der Waals surface area contributed by atoms with Crippen LogP contribution in [0.1, 0.15) is 10.4 Å². The third kappa shape index (κ3) is 2.26. The molecule has 0 saturated heterocycles. The van der Waals surface area contributed by atoms with Gasteiger partial charge in [0.25, 0.3) is 0 Å². The highest BCUT2D eigenvalue weighted by atomic mass is 35.5. The van der Waals surface area contributed by atoms with E-state index in [4.69, 9.17) is 11.6 Å². The lowest BCUT2D eigenvalue weighted by Crippen LogP contribution is -2.09. The van der Waals surface area contributed by atoms with Crippen LogP contribution in [0.2, 0.25) is 0 Å². The molecule has 1 nitrogen and oxygen atoms in total. The Hall–Kier alpha value is -0.470. The van der Waals surface area contributed by atoms with Gasteiger partial charge in [-0.05, 0) is 6.26 Å². The highest BCUT2D eigenvalue weighted by Gasteiger charge is 2.14. The summed E-state index contributed by atoms with van der Waals surface area (Å²) in [5.74, 6) is -0.0234. The predicted molar refractivity (Wildman–Crippen MR) is 53.9 cm³/mol. The average Bonchev–Trinajstić information content (AvgIpc) is 2.17.